The number of ether oxygens (including phenoxy) is 1. The minimum absolute atomic E-state index is 0.108. The Hall–Kier alpha value is -3.30. The van der Waals surface area contributed by atoms with Crippen LogP contribution in [0.5, 0.6) is 0 Å². The highest BCUT2D eigenvalue weighted by Crippen LogP contribution is 2.33. The average Bonchev–Trinajstić information content (AvgIpc) is 3.47. The van der Waals surface area contributed by atoms with Crippen LogP contribution in [-0.4, -0.2) is 54.2 Å². The van der Waals surface area contributed by atoms with Gasteiger partial charge in [-0.2, -0.15) is 0 Å². The van der Waals surface area contributed by atoms with E-state index in [0.29, 0.717) is 5.69 Å². The highest BCUT2D eigenvalue weighted by atomic mass is 35.5. The lowest BCUT2D eigenvalue weighted by Gasteiger charge is -2.18. The number of hydrogen-bond acceptors (Lipinski definition) is 7. The standard InChI is InChI=1S/C26H26ClN3O5S/c1-3-35-25(33)20-14-18(7-9-21(20)27)28-23(31)15-30-24(32)22(36-26(30)34)13-17-6-8-19(12-16(17)2)29-10-4-5-11-29/h6-9,12-14H,3-5,10-11,15H2,1-2H3,(H,28,31)/b22-13+. The van der Waals surface area contributed by atoms with Gasteiger partial charge in [0.1, 0.15) is 6.54 Å². The highest BCUT2D eigenvalue weighted by Gasteiger charge is 2.36. The van der Waals surface area contributed by atoms with E-state index in [-0.39, 0.29) is 22.1 Å². The minimum Gasteiger partial charge on any atom is -0.462 e. The van der Waals surface area contributed by atoms with E-state index in [1.54, 1.807) is 13.0 Å². The van der Waals surface area contributed by atoms with Crippen LogP contribution >= 0.6 is 23.4 Å². The number of aryl methyl sites for hydroxylation is 1. The summed E-state index contributed by atoms with van der Waals surface area (Å²) in [5.74, 6) is -1.72. The number of nitrogens with zero attached hydrogens (tertiary/aromatic N) is 2. The molecule has 0 spiro atoms. The number of carbonyl (C=O) groups is 4. The van der Waals surface area contributed by atoms with Gasteiger partial charge in [-0.15, -0.1) is 0 Å². The summed E-state index contributed by atoms with van der Waals surface area (Å²) in [7, 11) is 0. The third-order valence-electron chi connectivity index (χ3n) is 5.93. The monoisotopic (exact) mass is 527 g/mol. The minimum atomic E-state index is -0.613. The van der Waals surface area contributed by atoms with E-state index < -0.39 is 29.6 Å². The normalized spacial score (nSPS) is 16.7. The largest absolute Gasteiger partial charge is 0.462 e. The summed E-state index contributed by atoms with van der Waals surface area (Å²) in [5.41, 5.74) is 3.41. The summed E-state index contributed by atoms with van der Waals surface area (Å²) < 4.78 is 4.96. The molecule has 2 aliphatic rings. The topological polar surface area (TPSA) is 96.0 Å². The van der Waals surface area contributed by atoms with Gasteiger partial charge in [-0.3, -0.25) is 19.3 Å². The Labute approximate surface area is 218 Å². The molecule has 2 aliphatic heterocycles. The lowest BCUT2D eigenvalue weighted by Crippen LogP contribution is -2.36. The summed E-state index contributed by atoms with van der Waals surface area (Å²) in [5, 5.41) is 2.27. The van der Waals surface area contributed by atoms with E-state index in [4.69, 9.17) is 16.3 Å². The van der Waals surface area contributed by atoms with Crippen molar-refractivity contribution in [2.24, 2.45) is 0 Å². The van der Waals surface area contributed by atoms with Crippen LogP contribution in [0.4, 0.5) is 16.2 Å². The zero-order chi connectivity index (χ0) is 25.8. The van der Waals surface area contributed by atoms with Crippen molar-refractivity contribution in [2.45, 2.75) is 26.7 Å². The fourth-order valence-corrected chi connectivity index (χ4v) is 5.11. The summed E-state index contributed by atoms with van der Waals surface area (Å²) in [6, 6.07) is 10.4. The maximum atomic E-state index is 12.9. The number of amides is 3. The van der Waals surface area contributed by atoms with Crippen LogP contribution in [0.1, 0.15) is 41.3 Å². The Bertz CT molecular complexity index is 1260. The molecule has 3 amide bonds. The van der Waals surface area contributed by atoms with E-state index in [0.717, 1.165) is 46.6 Å². The number of anilines is 2. The van der Waals surface area contributed by atoms with Crippen LogP contribution < -0.4 is 10.2 Å². The van der Waals surface area contributed by atoms with Crippen molar-refractivity contribution in [3.63, 3.8) is 0 Å². The van der Waals surface area contributed by atoms with Crippen LogP contribution in [0, 0.1) is 6.92 Å². The fraction of sp³-hybridized carbons (Fsp3) is 0.308. The molecular formula is C26H26ClN3O5S. The fourth-order valence-electron chi connectivity index (χ4n) is 4.08. The molecular weight excluding hydrogens is 502 g/mol. The first kappa shape index (κ1) is 25.8. The molecule has 2 aromatic carbocycles. The first-order valence-electron chi connectivity index (χ1n) is 11.6. The Balaban J connectivity index is 1.43. The summed E-state index contributed by atoms with van der Waals surface area (Å²) in [6.07, 6.45) is 4.06. The van der Waals surface area contributed by atoms with Gasteiger partial charge in [-0.25, -0.2) is 4.79 Å². The van der Waals surface area contributed by atoms with E-state index in [1.165, 1.54) is 31.0 Å². The van der Waals surface area contributed by atoms with E-state index in [2.05, 4.69) is 16.3 Å². The van der Waals surface area contributed by atoms with Crippen molar-refractivity contribution in [2.75, 3.05) is 36.5 Å². The van der Waals surface area contributed by atoms with E-state index in [9.17, 15) is 19.2 Å². The number of nitrogens with one attached hydrogen (secondary N) is 1. The summed E-state index contributed by atoms with van der Waals surface area (Å²) >= 11 is 6.86. The zero-order valence-electron chi connectivity index (χ0n) is 20.0. The van der Waals surface area contributed by atoms with Crippen molar-refractivity contribution >= 4 is 63.8 Å². The first-order valence-corrected chi connectivity index (χ1v) is 12.8. The molecule has 188 valence electrons. The van der Waals surface area contributed by atoms with Gasteiger partial charge in [0, 0.05) is 24.5 Å². The molecule has 4 rings (SSSR count). The molecule has 0 bridgehead atoms. The second kappa shape index (κ2) is 11.2. The number of hydrogen-bond donors (Lipinski definition) is 1. The van der Waals surface area contributed by atoms with Crippen molar-refractivity contribution in [3.05, 3.63) is 63.0 Å². The van der Waals surface area contributed by atoms with Crippen LogP contribution in [0.25, 0.3) is 6.08 Å². The predicted molar refractivity (Wildman–Crippen MR) is 141 cm³/mol. The molecule has 8 nitrogen and oxygen atoms in total. The second-order valence-electron chi connectivity index (χ2n) is 8.47. The molecule has 36 heavy (non-hydrogen) atoms. The Morgan fingerprint density at radius 3 is 2.58 bits per heavy atom. The van der Waals surface area contributed by atoms with Crippen molar-refractivity contribution in [1.82, 2.24) is 4.90 Å². The van der Waals surface area contributed by atoms with Gasteiger partial charge in [0.15, 0.2) is 0 Å². The SMILES string of the molecule is CCOC(=O)c1cc(NC(=O)CN2C(=O)S/C(=C/c3ccc(N4CCCC4)cc3C)C2=O)ccc1Cl. The van der Waals surface area contributed by atoms with E-state index in [1.807, 2.05) is 19.1 Å². The molecule has 1 N–H and O–H groups in total. The van der Waals surface area contributed by atoms with Crippen molar-refractivity contribution in [3.8, 4) is 0 Å². The maximum absolute atomic E-state index is 12.9. The number of benzene rings is 2. The molecule has 0 radical (unpaired) electrons. The lowest BCUT2D eigenvalue weighted by atomic mass is 10.1. The Morgan fingerprint density at radius 1 is 1.14 bits per heavy atom. The zero-order valence-corrected chi connectivity index (χ0v) is 21.6. The van der Waals surface area contributed by atoms with Crippen molar-refractivity contribution < 1.29 is 23.9 Å². The lowest BCUT2D eigenvalue weighted by molar-refractivity contribution is -0.127. The van der Waals surface area contributed by atoms with Gasteiger partial charge in [-0.1, -0.05) is 17.7 Å². The molecule has 0 atom stereocenters. The molecule has 2 saturated heterocycles. The van der Waals surface area contributed by atoms with Gasteiger partial charge in [0.2, 0.25) is 5.91 Å². The van der Waals surface area contributed by atoms with Crippen LogP contribution in [-0.2, 0) is 14.3 Å². The Morgan fingerprint density at radius 2 is 1.89 bits per heavy atom. The Kier molecular flexibility index (Phi) is 8.01. The maximum Gasteiger partial charge on any atom is 0.339 e. The summed E-state index contributed by atoms with van der Waals surface area (Å²) in [4.78, 5) is 53.5. The van der Waals surface area contributed by atoms with Crippen LogP contribution in [0.3, 0.4) is 0 Å². The smallest absolute Gasteiger partial charge is 0.339 e. The second-order valence-corrected chi connectivity index (χ2v) is 9.87. The molecule has 0 aromatic heterocycles. The number of imide groups is 1. The molecule has 2 heterocycles. The number of thioether (sulfide) groups is 1. The molecule has 10 heteroatoms. The summed E-state index contributed by atoms with van der Waals surface area (Å²) in [6.45, 7) is 5.46. The molecule has 2 aromatic rings. The number of rotatable bonds is 7. The van der Waals surface area contributed by atoms with Gasteiger partial charge < -0.3 is 15.0 Å². The van der Waals surface area contributed by atoms with E-state index >= 15 is 0 Å². The quantitative estimate of drug-likeness (QED) is 0.395. The highest BCUT2D eigenvalue weighted by molar-refractivity contribution is 8.18. The van der Waals surface area contributed by atoms with Gasteiger partial charge in [0.05, 0.1) is 22.1 Å². The van der Waals surface area contributed by atoms with Crippen molar-refractivity contribution in [1.29, 1.82) is 0 Å². The van der Waals surface area contributed by atoms with Crippen LogP contribution in [0.15, 0.2) is 41.3 Å². The number of esters is 1. The average molecular weight is 528 g/mol. The molecule has 2 fully saturated rings. The predicted octanol–water partition coefficient (Wildman–Crippen LogP) is 5.10. The molecule has 0 saturated carbocycles. The number of carbonyl (C=O) groups excluding carboxylic acids is 4. The third kappa shape index (κ3) is 5.74. The first-order chi connectivity index (χ1) is 17.3. The van der Waals surface area contributed by atoms with Gasteiger partial charge >= 0.3 is 5.97 Å². The van der Waals surface area contributed by atoms with Gasteiger partial charge in [-0.05, 0) is 86.0 Å². The van der Waals surface area contributed by atoms with Crippen LogP contribution in [0.2, 0.25) is 5.02 Å². The molecule has 0 aliphatic carbocycles. The third-order valence-corrected chi connectivity index (χ3v) is 7.17. The molecule has 0 unspecified atom stereocenters. The van der Waals surface area contributed by atoms with Gasteiger partial charge in [0.25, 0.3) is 11.1 Å². The number of halogens is 1.